The average Bonchev–Trinajstić information content (AvgIpc) is 2.52. The van der Waals surface area contributed by atoms with Crippen LogP contribution in [0.3, 0.4) is 0 Å². The molecule has 0 radical (unpaired) electrons. The molecule has 5 heteroatoms. The molecule has 0 fully saturated rings. The number of sulfone groups is 1. The maximum atomic E-state index is 11.9. The van der Waals surface area contributed by atoms with Crippen LogP contribution in [0.25, 0.3) is 0 Å². The van der Waals surface area contributed by atoms with Gasteiger partial charge in [0, 0.05) is 12.7 Å². The van der Waals surface area contributed by atoms with E-state index in [0.717, 1.165) is 16.7 Å². The summed E-state index contributed by atoms with van der Waals surface area (Å²) in [6.45, 7) is 3.78. The first-order valence-electron chi connectivity index (χ1n) is 7.47. The van der Waals surface area contributed by atoms with Crippen LogP contribution in [0.5, 0.6) is 0 Å². The molecule has 0 aromatic heterocycles. The Morgan fingerprint density at radius 1 is 1.09 bits per heavy atom. The summed E-state index contributed by atoms with van der Waals surface area (Å²) in [4.78, 5) is 12.1. The molecule has 0 unspecified atom stereocenters. The second-order valence-electron chi connectivity index (χ2n) is 5.61. The molecule has 0 heterocycles. The molecule has 1 atom stereocenters. The van der Waals surface area contributed by atoms with E-state index in [-0.39, 0.29) is 16.8 Å². The van der Waals surface area contributed by atoms with Gasteiger partial charge in [0.15, 0.2) is 9.84 Å². The zero-order chi connectivity index (χ0) is 17.0. The lowest BCUT2D eigenvalue weighted by Gasteiger charge is -2.20. The van der Waals surface area contributed by atoms with E-state index >= 15 is 0 Å². The molecule has 2 rings (SSSR count). The summed E-state index contributed by atoms with van der Waals surface area (Å²) in [5, 5.41) is 2.96. The van der Waals surface area contributed by atoms with E-state index in [0.29, 0.717) is 6.42 Å². The molecular weight excluding hydrogens is 310 g/mol. The Labute approximate surface area is 137 Å². The number of carbonyl (C=O) groups is 1. The summed E-state index contributed by atoms with van der Waals surface area (Å²) >= 11 is 0. The maximum absolute atomic E-state index is 11.9. The van der Waals surface area contributed by atoms with Gasteiger partial charge in [0.05, 0.1) is 10.9 Å². The lowest BCUT2D eigenvalue weighted by Crippen LogP contribution is -2.28. The number of rotatable bonds is 5. The highest BCUT2D eigenvalue weighted by atomic mass is 32.2. The fourth-order valence-corrected chi connectivity index (χ4v) is 2.98. The van der Waals surface area contributed by atoms with Crippen molar-refractivity contribution < 1.29 is 13.2 Å². The van der Waals surface area contributed by atoms with E-state index in [9.17, 15) is 13.2 Å². The zero-order valence-electron chi connectivity index (χ0n) is 13.5. The molecule has 2 aromatic rings. The van der Waals surface area contributed by atoms with Crippen LogP contribution in [-0.2, 0) is 14.6 Å². The Morgan fingerprint density at radius 2 is 1.74 bits per heavy atom. The van der Waals surface area contributed by atoms with E-state index in [1.807, 2.05) is 37.3 Å². The number of nitrogens with one attached hydrogen (secondary N) is 1. The Hall–Kier alpha value is -2.14. The van der Waals surface area contributed by atoms with Gasteiger partial charge < -0.3 is 5.32 Å². The molecular formula is C18H21NO3S. The monoisotopic (exact) mass is 331 g/mol. The molecule has 4 nitrogen and oxygen atoms in total. The van der Waals surface area contributed by atoms with Crippen LogP contribution in [0.2, 0.25) is 0 Å². The van der Waals surface area contributed by atoms with Gasteiger partial charge in [0.1, 0.15) is 0 Å². The van der Waals surface area contributed by atoms with Gasteiger partial charge in [-0.25, -0.2) is 8.42 Å². The number of benzene rings is 2. The van der Waals surface area contributed by atoms with Crippen molar-refractivity contribution in [2.24, 2.45) is 0 Å². The first kappa shape index (κ1) is 17.2. The van der Waals surface area contributed by atoms with Crippen LogP contribution < -0.4 is 5.32 Å². The van der Waals surface area contributed by atoms with Crippen LogP contribution in [0.1, 0.15) is 36.1 Å². The number of amides is 1. The fraction of sp³-hybridized carbons (Fsp3) is 0.278. The molecule has 1 N–H and O–H groups in total. The largest absolute Gasteiger partial charge is 0.345 e. The highest BCUT2D eigenvalue weighted by Crippen LogP contribution is 2.25. The van der Waals surface area contributed by atoms with Crippen molar-refractivity contribution in [3.63, 3.8) is 0 Å². The fourth-order valence-electron chi connectivity index (χ4n) is 2.31. The van der Waals surface area contributed by atoms with Crippen molar-refractivity contribution in [1.29, 1.82) is 0 Å². The van der Waals surface area contributed by atoms with Crippen molar-refractivity contribution in [1.82, 2.24) is 5.32 Å². The number of carbonyl (C=O) groups excluding carboxylic acids is 1. The van der Waals surface area contributed by atoms with Gasteiger partial charge in [-0.2, -0.15) is 0 Å². The standard InChI is InChI=1S/C18H21NO3S/c1-4-17(20)19-18(14-10-8-13(2)9-11-14)15-6-5-7-16(12-15)23(3,21)22/h5-12,18H,4H2,1-3H3,(H,19,20)/t18-/m0/s1. The molecule has 23 heavy (non-hydrogen) atoms. The zero-order valence-corrected chi connectivity index (χ0v) is 14.4. The average molecular weight is 331 g/mol. The highest BCUT2D eigenvalue weighted by molar-refractivity contribution is 7.90. The second kappa shape index (κ2) is 6.96. The van der Waals surface area contributed by atoms with Crippen molar-refractivity contribution in [2.45, 2.75) is 31.2 Å². The third kappa shape index (κ3) is 4.42. The quantitative estimate of drug-likeness (QED) is 0.916. The summed E-state index contributed by atoms with van der Waals surface area (Å²) < 4.78 is 23.6. The summed E-state index contributed by atoms with van der Waals surface area (Å²) in [5.74, 6) is -0.0830. The molecule has 0 saturated carbocycles. The van der Waals surface area contributed by atoms with Gasteiger partial charge in [-0.1, -0.05) is 48.9 Å². The van der Waals surface area contributed by atoms with E-state index in [4.69, 9.17) is 0 Å². The third-order valence-corrected chi connectivity index (χ3v) is 4.77. The van der Waals surface area contributed by atoms with Crippen molar-refractivity contribution in [2.75, 3.05) is 6.26 Å². The van der Waals surface area contributed by atoms with E-state index in [1.54, 1.807) is 25.1 Å². The predicted octanol–water partition coefficient (Wildman–Crippen LogP) is 3.01. The smallest absolute Gasteiger partial charge is 0.220 e. The lowest BCUT2D eigenvalue weighted by molar-refractivity contribution is -0.121. The lowest BCUT2D eigenvalue weighted by atomic mass is 9.97. The SMILES string of the molecule is CCC(=O)N[C@@H](c1ccc(C)cc1)c1cccc(S(C)(=O)=O)c1. The summed E-state index contributed by atoms with van der Waals surface area (Å²) in [7, 11) is -3.29. The van der Waals surface area contributed by atoms with Crippen molar-refractivity contribution in [3.05, 3.63) is 65.2 Å². The Bertz CT molecular complexity index is 795. The van der Waals surface area contributed by atoms with Crippen LogP contribution in [0.4, 0.5) is 0 Å². The molecule has 122 valence electrons. The van der Waals surface area contributed by atoms with E-state index in [1.165, 1.54) is 6.26 Å². The molecule has 0 spiro atoms. The summed E-state index contributed by atoms with van der Waals surface area (Å²) in [5.41, 5.74) is 2.79. The Morgan fingerprint density at radius 3 is 2.30 bits per heavy atom. The Balaban J connectivity index is 2.49. The first-order chi connectivity index (χ1) is 10.8. The number of hydrogen-bond donors (Lipinski definition) is 1. The first-order valence-corrected chi connectivity index (χ1v) is 9.36. The van der Waals surface area contributed by atoms with Crippen molar-refractivity contribution >= 4 is 15.7 Å². The third-order valence-electron chi connectivity index (χ3n) is 3.66. The topological polar surface area (TPSA) is 63.2 Å². The second-order valence-corrected chi connectivity index (χ2v) is 7.63. The molecule has 0 aliphatic heterocycles. The van der Waals surface area contributed by atoms with Gasteiger partial charge in [-0.3, -0.25) is 4.79 Å². The minimum atomic E-state index is -3.29. The van der Waals surface area contributed by atoms with Crippen LogP contribution >= 0.6 is 0 Å². The van der Waals surface area contributed by atoms with E-state index in [2.05, 4.69) is 5.32 Å². The van der Waals surface area contributed by atoms with Gasteiger partial charge in [0.25, 0.3) is 0 Å². The van der Waals surface area contributed by atoms with Crippen molar-refractivity contribution in [3.8, 4) is 0 Å². The number of hydrogen-bond acceptors (Lipinski definition) is 3. The number of aryl methyl sites for hydroxylation is 1. The molecule has 2 aromatic carbocycles. The predicted molar refractivity (Wildman–Crippen MR) is 91.0 cm³/mol. The van der Waals surface area contributed by atoms with Gasteiger partial charge in [-0.15, -0.1) is 0 Å². The summed E-state index contributed by atoms with van der Waals surface area (Å²) in [6, 6.07) is 14.2. The molecule has 1 amide bonds. The molecule has 0 aliphatic rings. The van der Waals surface area contributed by atoms with Gasteiger partial charge in [0.2, 0.25) is 5.91 Å². The van der Waals surface area contributed by atoms with Crippen LogP contribution in [-0.4, -0.2) is 20.6 Å². The minimum absolute atomic E-state index is 0.0830. The normalized spacial score (nSPS) is 12.7. The van der Waals surface area contributed by atoms with Gasteiger partial charge in [-0.05, 0) is 30.2 Å². The highest BCUT2D eigenvalue weighted by Gasteiger charge is 2.18. The summed E-state index contributed by atoms with van der Waals surface area (Å²) in [6.07, 6.45) is 1.55. The Kier molecular flexibility index (Phi) is 5.21. The van der Waals surface area contributed by atoms with Gasteiger partial charge >= 0.3 is 0 Å². The maximum Gasteiger partial charge on any atom is 0.220 e. The van der Waals surface area contributed by atoms with Crippen LogP contribution in [0.15, 0.2) is 53.4 Å². The van der Waals surface area contributed by atoms with Crippen LogP contribution in [0, 0.1) is 6.92 Å². The molecule has 0 aliphatic carbocycles. The molecule has 0 saturated heterocycles. The minimum Gasteiger partial charge on any atom is -0.345 e. The van der Waals surface area contributed by atoms with E-state index < -0.39 is 9.84 Å². The molecule has 0 bridgehead atoms.